The van der Waals surface area contributed by atoms with Gasteiger partial charge in [-0.2, -0.15) is 0 Å². The van der Waals surface area contributed by atoms with Gasteiger partial charge in [-0.3, -0.25) is 4.79 Å². The van der Waals surface area contributed by atoms with Crippen molar-refractivity contribution in [3.8, 4) is 17.2 Å². The summed E-state index contributed by atoms with van der Waals surface area (Å²) in [4.78, 5) is 18.1. The topological polar surface area (TPSA) is 70.1 Å². The SMILES string of the molecule is COCCCN(Cc1csc(COc2c(OC)cccc2OC)n1)C(C)=O. The third-order valence-corrected chi connectivity index (χ3v) is 4.77. The minimum absolute atomic E-state index is 0.0238. The first kappa shape index (κ1) is 21.0. The fraction of sp³-hybridized carbons (Fsp3) is 0.474. The van der Waals surface area contributed by atoms with E-state index in [0.717, 1.165) is 17.1 Å². The number of rotatable bonds is 11. The Kier molecular flexibility index (Phi) is 8.35. The van der Waals surface area contributed by atoms with Crippen LogP contribution in [0.1, 0.15) is 24.0 Å². The summed E-state index contributed by atoms with van der Waals surface area (Å²) in [7, 11) is 4.83. The predicted molar refractivity (Wildman–Crippen MR) is 104 cm³/mol. The Bertz CT molecular complexity index is 712. The zero-order chi connectivity index (χ0) is 19.6. The van der Waals surface area contributed by atoms with Gasteiger partial charge >= 0.3 is 0 Å². The lowest BCUT2D eigenvalue weighted by Gasteiger charge is -2.19. The molecule has 148 valence electrons. The number of methoxy groups -OCH3 is 3. The largest absolute Gasteiger partial charge is 0.493 e. The highest BCUT2D eigenvalue weighted by molar-refractivity contribution is 7.09. The molecule has 0 spiro atoms. The van der Waals surface area contributed by atoms with Gasteiger partial charge in [0.1, 0.15) is 11.6 Å². The molecule has 0 fully saturated rings. The molecule has 2 aromatic rings. The van der Waals surface area contributed by atoms with Crippen molar-refractivity contribution in [1.82, 2.24) is 9.88 Å². The highest BCUT2D eigenvalue weighted by Crippen LogP contribution is 2.37. The number of carbonyl (C=O) groups is 1. The van der Waals surface area contributed by atoms with Crippen LogP contribution in [0.25, 0.3) is 0 Å². The van der Waals surface area contributed by atoms with Gasteiger partial charge in [0.2, 0.25) is 11.7 Å². The smallest absolute Gasteiger partial charge is 0.219 e. The van der Waals surface area contributed by atoms with Crippen molar-refractivity contribution in [1.29, 1.82) is 0 Å². The lowest BCUT2D eigenvalue weighted by atomic mass is 10.3. The van der Waals surface area contributed by atoms with Crippen LogP contribution in [0.5, 0.6) is 17.2 Å². The molecule has 0 saturated carbocycles. The number of aromatic nitrogens is 1. The lowest BCUT2D eigenvalue weighted by molar-refractivity contribution is -0.129. The summed E-state index contributed by atoms with van der Waals surface area (Å²) in [5.74, 6) is 1.78. The molecular weight excluding hydrogens is 368 g/mol. The van der Waals surface area contributed by atoms with Gasteiger partial charge in [0.15, 0.2) is 11.5 Å². The highest BCUT2D eigenvalue weighted by Gasteiger charge is 2.14. The van der Waals surface area contributed by atoms with Crippen LogP contribution in [0.3, 0.4) is 0 Å². The highest BCUT2D eigenvalue weighted by atomic mass is 32.1. The maximum Gasteiger partial charge on any atom is 0.219 e. The molecule has 27 heavy (non-hydrogen) atoms. The maximum absolute atomic E-state index is 11.8. The van der Waals surface area contributed by atoms with Gasteiger partial charge in [0, 0.05) is 32.6 Å². The molecule has 0 radical (unpaired) electrons. The summed E-state index contributed by atoms with van der Waals surface area (Å²) in [6.45, 7) is 3.61. The summed E-state index contributed by atoms with van der Waals surface area (Å²) in [5, 5.41) is 2.77. The van der Waals surface area contributed by atoms with E-state index in [2.05, 4.69) is 4.98 Å². The molecular formula is C19H26N2O5S. The average molecular weight is 394 g/mol. The first-order valence-electron chi connectivity index (χ1n) is 8.60. The lowest BCUT2D eigenvalue weighted by Crippen LogP contribution is -2.30. The second-order valence-corrected chi connectivity index (χ2v) is 6.74. The third-order valence-electron chi connectivity index (χ3n) is 3.90. The van der Waals surface area contributed by atoms with Crippen LogP contribution in [-0.2, 0) is 22.7 Å². The quantitative estimate of drug-likeness (QED) is 0.546. The summed E-state index contributed by atoms with van der Waals surface area (Å²) in [5.41, 5.74) is 0.846. The zero-order valence-electron chi connectivity index (χ0n) is 16.2. The molecule has 0 atom stereocenters. The average Bonchev–Trinajstić information content (AvgIpc) is 3.12. The van der Waals surface area contributed by atoms with Crippen molar-refractivity contribution in [2.75, 3.05) is 34.5 Å². The molecule has 1 heterocycles. The summed E-state index contributed by atoms with van der Waals surface area (Å²) < 4.78 is 21.6. The van der Waals surface area contributed by atoms with Gasteiger partial charge in [-0.15, -0.1) is 11.3 Å². The number of nitrogens with zero attached hydrogens (tertiary/aromatic N) is 2. The van der Waals surface area contributed by atoms with Crippen molar-refractivity contribution in [3.63, 3.8) is 0 Å². The molecule has 0 saturated heterocycles. The standard InChI is InChI=1S/C19H26N2O5S/c1-14(22)21(9-6-10-23-2)11-15-13-27-18(20-15)12-26-19-16(24-3)7-5-8-17(19)25-4/h5,7-8,13H,6,9-12H2,1-4H3. The molecule has 7 nitrogen and oxygen atoms in total. The van der Waals surface area contributed by atoms with E-state index in [1.165, 1.54) is 11.3 Å². The molecule has 8 heteroatoms. The summed E-state index contributed by atoms with van der Waals surface area (Å²) in [6, 6.07) is 5.47. The number of para-hydroxylation sites is 1. The van der Waals surface area contributed by atoms with Crippen molar-refractivity contribution >= 4 is 17.2 Å². The number of benzene rings is 1. The van der Waals surface area contributed by atoms with E-state index < -0.39 is 0 Å². The Hall–Kier alpha value is -2.32. The van der Waals surface area contributed by atoms with Crippen LogP contribution >= 0.6 is 11.3 Å². The van der Waals surface area contributed by atoms with Crippen molar-refractivity contribution < 1.29 is 23.7 Å². The third kappa shape index (κ3) is 6.11. The Balaban J connectivity index is 1.99. The van der Waals surface area contributed by atoms with Gasteiger partial charge < -0.3 is 23.8 Å². The Morgan fingerprint density at radius 3 is 2.48 bits per heavy atom. The van der Waals surface area contributed by atoms with Gasteiger partial charge in [-0.05, 0) is 18.6 Å². The van der Waals surface area contributed by atoms with Crippen molar-refractivity contribution in [3.05, 3.63) is 34.3 Å². The first-order valence-corrected chi connectivity index (χ1v) is 9.48. The second-order valence-electron chi connectivity index (χ2n) is 5.80. The minimum atomic E-state index is 0.0238. The molecule has 0 aliphatic heterocycles. The molecule has 0 N–H and O–H groups in total. The van der Waals surface area contributed by atoms with E-state index >= 15 is 0 Å². The molecule has 1 aromatic heterocycles. The minimum Gasteiger partial charge on any atom is -0.493 e. The fourth-order valence-corrected chi connectivity index (χ4v) is 3.22. The van der Waals surface area contributed by atoms with Crippen molar-refractivity contribution in [2.24, 2.45) is 0 Å². The van der Waals surface area contributed by atoms with E-state index in [1.54, 1.807) is 33.2 Å². The molecule has 0 aliphatic rings. The summed E-state index contributed by atoms with van der Waals surface area (Å²) >= 11 is 1.50. The Labute approximate surface area is 163 Å². The number of amides is 1. The zero-order valence-corrected chi connectivity index (χ0v) is 17.0. The molecule has 2 rings (SSSR count). The molecule has 1 amide bonds. The normalized spacial score (nSPS) is 10.5. The number of ether oxygens (including phenoxy) is 4. The van der Waals surface area contributed by atoms with Gasteiger partial charge in [0.05, 0.1) is 26.5 Å². The van der Waals surface area contributed by atoms with E-state index in [4.69, 9.17) is 18.9 Å². The molecule has 0 unspecified atom stereocenters. The summed E-state index contributed by atoms with van der Waals surface area (Å²) in [6.07, 6.45) is 0.795. The monoisotopic (exact) mass is 394 g/mol. The molecule has 1 aromatic carbocycles. The van der Waals surface area contributed by atoms with Crippen LogP contribution in [-0.4, -0.2) is 50.3 Å². The van der Waals surface area contributed by atoms with E-state index in [1.807, 2.05) is 23.6 Å². The number of thiazole rings is 1. The van der Waals surface area contributed by atoms with Gasteiger partial charge in [-0.25, -0.2) is 4.98 Å². The van der Waals surface area contributed by atoms with Crippen LogP contribution in [0.15, 0.2) is 23.6 Å². The van der Waals surface area contributed by atoms with Gasteiger partial charge in [-0.1, -0.05) is 6.07 Å². The fourth-order valence-electron chi connectivity index (χ4n) is 2.52. The Morgan fingerprint density at radius 2 is 1.89 bits per heavy atom. The van der Waals surface area contributed by atoms with Crippen LogP contribution in [0, 0.1) is 0 Å². The van der Waals surface area contributed by atoms with Crippen LogP contribution in [0.2, 0.25) is 0 Å². The number of carbonyl (C=O) groups excluding carboxylic acids is 1. The first-order chi connectivity index (χ1) is 13.1. The predicted octanol–water partition coefficient (Wildman–Crippen LogP) is 3.12. The van der Waals surface area contributed by atoms with Crippen LogP contribution < -0.4 is 14.2 Å². The maximum atomic E-state index is 11.8. The van der Waals surface area contributed by atoms with E-state index in [-0.39, 0.29) is 5.91 Å². The number of hydrogen-bond donors (Lipinski definition) is 0. The second kappa shape index (κ2) is 10.7. The number of hydrogen-bond acceptors (Lipinski definition) is 7. The Morgan fingerprint density at radius 1 is 1.19 bits per heavy atom. The van der Waals surface area contributed by atoms with Crippen LogP contribution in [0.4, 0.5) is 0 Å². The van der Waals surface area contributed by atoms with E-state index in [0.29, 0.717) is 43.6 Å². The molecule has 0 bridgehead atoms. The van der Waals surface area contributed by atoms with Gasteiger partial charge in [0.25, 0.3) is 0 Å². The van der Waals surface area contributed by atoms with E-state index in [9.17, 15) is 4.79 Å². The van der Waals surface area contributed by atoms with Crippen molar-refractivity contribution in [2.45, 2.75) is 26.5 Å². The molecule has 0 aliphatic carbocycles.